The number of nitrogens with one attached hydrogen (secondary N) is 2. The maximum Gasteiger partial charge on any atom is 0.258 e. The molecule has 6 nitrogen and oxygen atoms in total. The molecule has 0 atom stereocenters. The third-order valence-electron chi connectivity index (χ3n) is 5.93. The number of hydrogen-bond donors (Lipinski definition) is 3. The van der Waals surface area contributed by atoms with Gasteiger partial charge in [-0.2, -0.15) is 0 Å². The third-order valence-corrected chi connectivity index (χ3v) is 6.23. The zero-order chi connectivity index (χ0) is 22.4. The van der Waals surface area contributed by atoms with E-state index < -0.39 is 11.4 Å². The number of benzene rings is 2. The van der Waals surface area contributed by atoms with Crippen LogP contribution in [0.3, 0.4) is 0 Å². The standard InChI is InChI=1S/C23H24ClFN2O4/c1-21(2,30)15-5-3-14(4-6-15)20(29)27-23-11-22(12-23,13-23)26-19(28)10-31-16-7-8-17(24)18(25)9-16/h3-9,30H,10-13H2,1-2H3,(H,26,28)(H,27,29). The van der Waals surface area contributed by atoms with Gasteiger partial charge in [-0.3, -0.25) is 9.59 Å². The molecule has 3 saturated carbocycles. The summed E-state index contributed by atoms with van der Waals surface area (Å²) in [6.07, 6.45) is 1.98. The Morgan fingerprint density at radius 1 is 1.10 bits per heavy atom. The molecular formula is C23H24ClFN2O4. The monoisotopic (exact) mass is 446 g/mol. The van der Waals surface area contributed by atoms with Gasteiger partial charge >= 0.3 is 0 Å². The van der Waals surface area contributed by atoms with Gasteiger partial charge in [-0.1, -0.05) is 23.7 Å². The lowest BCUT2D eigenvalue weighted by Gasteiger charge is -2.70. The quantitative estimate of drug-likeness (QED) is 0.609. The molecule has 8 heteroatoms. The van der Waals surface area contributed by atoms with Crippen LogP contribution in [0.4, 0.5) is 4.39 Å². The van der Waals surface area contributed by atoms with Crippen molar-refractivity contribution >= 4 is 23.4 Å². The minimum atomic E-state index is -0.959. The predicted molar refractivity (Wildman–Crippen MR) is 114 cm³/mol. The second-order valence-corrected chi connectivity index (χ2v) is 9.50. The molecule has 0 spiro atoms. The first-order chi connectivity index (χ1) is 14.5. The molecule has 0 heterocycles. The van der Waals surface area contributed by atoms with Gasteiger partial charge in [0, 0.05) is 22.7 Å². The summed E-state index contributed by atoms with van der Waals surface area (Å²) in [6, 6.07) is 10.9. The van der Waals surface area contributed by atoms with Crippen molar-refractivity contribution in [3.05, 3.63) is 64.4 Å². The second-order valence-electron chi connectivity index (χ2n) is 9.09. The number of amides is 2. The van der Waals surface area contributed by atoms with Crippen molar-refractivity contribution < 1.29 is 23.8 Å². The van der Waals surface area contributed by atoms with Crippen molar-refractivity contribution in [1.29, 1.82) is 0 Å². The van der Waals surface area contributed by atoms with Crippen LogP contribution in [0.2, 0.25) is 5.02 Å². The van der Waals surface area contributed by atoms with E-state index >= 15 is 0 Å². The van der Waals surface area contributed by atoms with E-state index in [4.69, 9.17) is 16.3 Å². The minimum Gasteiger partial charge on any atom is -0.484 e. The Kier molecular flexibility index (Phi) is 5.22. The summed E-state index contributed by atoms with van der Waals surface area (Å²) in [5.74, 6) is -0.840. The van der Waals surface area contributed by atoms with E-state index in [-0.39, 0.29) is 40.3 Å². The van der Waals surface area contributed by atoms with Crippen molar-refractivity contribution in [3.63, 3.8) is 0 Å². The zero-order valence-corrected chi connectivity index (χ0v) is 18.1. The van der Waals surface area contributed by atoms with Crippen molar-refractivity contribution in [3.8, 4) is 5.75 Å². The Labute approximate surface area is 184 Å². The highest BCUT2D eigenvalue weighted by Gasteiger charge is 2.69. The molecule has 164 valence electrons. The van der Waals surface area contributed by atoms with Gasteiger partial charge in [0.15, 0.2) is 6.61 Å². The Balaban J connectivity index is 1.24. The number of hydrogen-bond acceptors (Lipinski definition) is 4. The molecule has 2 bridgehead atoms. The molecule has 3 N–H and O–H groups in total. The van der Waals surface area contributed by atoms with Crippen LogP contribution in [0.5, 0.6) is 5.75 Å². The Bertz CT molecular complexity index is 1010. The molecule has 31 heavy (non-hydrogen) atoms. The highest BCUT2D eigenvalue weighted by molar-refractivity contribution is 6.30. The Hall–Kier alpha value is -2.64. The molecule has 3 aliphatic carbocycles. The largest absolute Gasteiger partial charge is 0.484 e. The topological polar surface area (TPSA) is 87.7 Å². The van der Waals surface area contributed by atoms with Gasteiger partial charge in [-0.05, 0) is 62.9 Å². The number of halogens is 2. The maximum absolute atomic E-state index is 13.4. The number of rotatable bonds is 7. The van der Waals surface area contributed by atoms with Crippen molar-refractivity contribution in [2.45, 2.75) is 49.8 Å². The predicted octanol–water partition coefficient (Wildman–Crippen LogP) is 3.31. The van der Waals surface area contributed by atoms with E-state index in [1.807, 2.05) is 0 Å². The van der Waals surface area contributed by atoms with Crippen molar-refractivity contribution in [2.75, 3.05) is 6.61 Å². The van der Waals surface area contributed by atoms with E-state index in [0.29, 0.717) is 24.8 Å². The average Bonchev–Trinajstić information content (AvgIpc) is 2.65. The minimum absolute atomic E-state index is 0.00816. The normalized spacial score (nSPS) is 23.9. The summed E-state index contributed by atoms with van der Waals surface area (Å²) in [5.41, 5.74) is -0.304. The molecule has 3 aliphatic rings. The molecule has 3 fully saturated rings. The lowest BCUT2D eigenvalue weighted by Crippen LogP contribution is -2.84. The number of carbonyl (C=O) groups is 2. The summed E-state index contributed by atoms with van der Waals surface area (Å²) in [7, 11) is 0. The second kappa shape index (κ2) is 7.50. The zero-order valence-electron chi connectivity index (χ0n) is 17.3. The Morgan fingerprint density at radius 3 is 2.29 bits per heavy atom. The van der Waals surface area contributed by atoms with Crippen LogP contribution in [0.1, 0.15) is 49.0 Å². The molecule has 0 saturated heterocycles. The summed E-state index contributed by atoms with van der Waals surface area (Å²) >= 11 is 5.63. The van der Waals surface area contributed by atoms with E-state index in [0.717, 1.165) is 11.6 Å². The van der Waals surface area contributed by atoms with Crippen LogP contribution in [0.25, 0.3) is 0 Å². The van der Waals surface area contributed by atoms with Crippen LogP contribution in [-0.2, 0) is 10.4 Å². The number of carbonyl (C=O) groups excluding carboxylic acids is 2. The summed E-state index contributed by atoms with van der Waals surface area (Å²) < 4.78 is 18.7. The summed E-state index contributed by atoms with van der Waals surface area (Å²) in [4.78, 5) is 24.8. The van der Waals surface area contributed by atoms with Crippen molar-refractivity contribution in [2.24, 2.45) is 0 Å². The highest BCUT2D eigenvalue weighted by Crippen LogP contribution is 2.60. The Morgan fingerprint density at radius 2 is 1.71 bits per heavy atom. The molecule has 0 aliphatic heterocycles. The van der Waals surface area contributed by atoms with E-state index in [1.165, 1.54) is 12.1 Å². The summed E-state index contributed by atoms with van der Waals surface area (Å²) in [6.45, 7) is 3.16. The molecule has 0 radical (unpaired) electrons. The third kappa shape index (κ3) is 4.38. The molecule has 2 aromatic carbocycles. The van der Waals surface area contributed by atoms with Crippen LogP contribution in [0, 0.1) is 5.82 Å². The maximum atomic E-state index is 13.4. The van der Waals surface area contributed by atoms with Gasteiger partial charge in [0.1, 0.15) is 11.6 Å². The van der Waals surface area contributed by atoms with Crippen LogP contribution in [-0.4, -0.2) is 34.6 Å². The average molecular weight is 447 g/mol. The highest BCUT2D eigenvalue weighted by atomic mass is 35.5. The summed E-state index contributed by atoms with van der Waals surface area (Å²) in [5, 5.41) is 16.0. The van der Waals surface area contributed by atoms with Crippen LogP contribution in [0.15, 0.2) is 42.5 Å². The van der Waals surface area contributed by atoms with Gasteiger partial charge < -0.3 is 20.5 Å². The molecule has 2 amide bonds. The van der Waals surface area contributed by atoms with Crippen LogP contribution < -0.4 is 15.4 Å². The molecular weight excluding hydrogens is 423 g/mol. The first-order valence-corrected chi connectivity index (χ1v) is 10.4. The van der Waals surface area contributed by atoms with Gasteiger partial charge in [-0.25, -0.2) is 4.39 Å². The number of ether oxygens (including phenoxy) is 1. The SMILES string of the molecule is CC(C)(O)c1ccc(C(=O)NC23CC(NC(=O)COc4ccc(Cl)c(F)c4)(C2)C3)cc1. The molecule has 0 aromatic heterocycles. The van der Waals surface area contributed by atoms with Gasteiger partial charge in [-0.15, -0.1) is 0 Å². The van der Waals surface area contributed by atoms with E-state index in [2.05, 4.69) is 10.6 Å². The van der Waals surface area contributed by atoms with E-state index in [1.54, 1.807) is 38.1 Å². The van der Waals surface area contributed by atoms with E-state index in [9.17, 15) is 19.1 Å². The van der Waals surface area contributed by atoms with Gasteiger partial charge in [0.2, 0.25) is 0 Å². The van der Waals surface area contributed by atoms with Crippen LogP contribution >= 0.6 is 11.6 Å². The number of aliphatic hydroxyl groups is 1. The fourth-order valence-corrected chi connectivity index (χ4v) is 4.56. The first-order valence-electron chi connectivity index (χ1n) is 10.0. The first kappa shape index (κ1) is 21.6. The smallest absolute Gasteiger partial charge is 0.258 e. The molecule has 0 unspecified atom stereocenters. The van der Waals surface area contributed by atoms with Crippen molar-refractivity contribution in [1.82, 2.24) is 10.6 Å². The van der Waals surface area contributed by atoms with Gasteiger partial charge in [0.05, 0.1) is 10.6 Å². The fraction of sp³-hybridized carbons (Fsp3) is 0.391. The lowest BCUT2D eigenvalue weighted by molar-refractivity contribution is -0.141. The lowest BCUT2D eigenvalue weighted by atomic mass is 9.44. The molecule has 5 rings (SSSR count). The van der Waals surface area contributed by atoms with Gasteiger partial charge in [0.25, 0.3) is 11.8 Å². The fourth-order valence-electron chi connectivity index (χ4n) is 4.44. The molecule has 2 aromatic rings.